The Kier molecular flexibility index (Phi) is 11.5. The van der Waals surface area contributed by atoms with Gasteiger partial charge in [-0.25, -0.2) is 14.5 Å². The van der Waals surface area contributed by atoms with Crippen LogP contribution in [0.3, 0.4) is 0 Å². The number of morpholine rings is 1. The molecule has 4 aromatic carbocycles. The molecule has 0 aliphatic carbocycles. The second-order valence-corrected chi connectivity index (χ2v) is 14.0. The number of ether oxygens (including phenoxy) is 2. The number of nitrogens with one attached hydrogen (secondary N) is 4. The number of anilines is 3. The van der Waals surface area contributed by atoms with Crippen LogP contribution >= 0.6 is 11.6 Å². The molecule has 1 aliphatic heterocycles. The number of aryl methyl sites for hydroxylation is 1. The van der Waals surface area contributed by atoms with Crippen LogP contribution < -0.4 is 26.0 Å². The first-order valence-corrected chi connectivity index (χ1v) is 18.5. The fourth-order valence-electron chi connectivity index (χ4n) is 6.18. The smallest absolute Gasteiger partial charge is 0.324 e. The number of aromatic nitrogens is 4. The second kappa shape index (κ2) is 17.0. The Labute approximate surface area is 324 Å². The van der Waals surface area contributed by atoms with Crippen molar-refractivity contribution in [1.29, 1.82) is 0 Å². The van der Waals surface area contributed by atoms with Gasteiger partial charge in [-0.3, -0.25) is 15.0 Å². The molecule has 4 N–H and O–H groups in total. The topological polar surface area (TPSA) is 148 Å². The largest absolute Gasteiger partial charge is 0.438 e. The maximum absolute atomic E-state index is 13.5. The highest BCUT2D eigenvalue weighted by Crippen LogP contribution is 2.34. The SMILES string of the molecule is Cc1ccc(-n2nc(C(C)C)cc2NC(=O)Nc2ccc(Oc3ccnc(NC4COCCN4CC(Cl)NC(=O)c4ccccc4)n3)c3ccccc23)cc1. The Morgan fingerprint density at radius 3 is 2.49 bits per heavy atom. The Hall–Kier alpha value is -6.02. The van der Waals surface area contributed by atoms with E-state index in [4.69, 9.17) is 26.2 Å². The van der Waals surface area contributed by atoms with E-state index in [1.54, 1.807) is 41.2 Å². The normalized spacial score (nSPS) is 15.0. The molecule has 1 saturated heterocycles. The minimum absolute atomic E-state index is 0.175. The minimum Gasteiger partial charge on any atom is -0.438 e. The number of alkyl halides is 1. The van der Waals surface area contributed by atoms with Crippen LogP contribution in [0.2, 0.25) is 0 Å². The average molecular weight is 760 g/mol. The number of urea groups is 1. The molecule has 0 radical (unpaired) electrons. The van der Waals surface area contributed by atoms with Crippen LogP contribution in [0.15, 0.2) is 109 Å². The lowest BCUT2D eigenvalue weighted by atomic mass is 10.1. The van der Waals surface area contributed by atoms with Crippen molar-refractivity contribution in [2.75, 3.05) is 42.3 Å². The predicted molar refractivity (Wildman–Crippen MR) is 214 cm³/mol. The number of rotatable bonds is 12. The van der Waals surface area contributed by atoms with E-state index in [1.165, 1.54) is 0 Å². The summed E-state index contributed by atoms with van der Waals surface area (Å²) in [5, 5.41) is 18.5. The molecule has 3 amide bonds. The van der Waals surface area contributed by atoms with E-state index in [0.29, 0.717) is 60.9 Å². The predicted octanol–water partition coefficient (Wildman–Crippen LogP) is 7.75. The molecular weight excluding hydrogens is 718 g/mol. The monoisotopic (exact) mass is 759 g/mol. The van der Waals surface area contributed by atoms with Gasteiger partial charge in [0.1, 0.15) is 23.2 Å². The van der Waals surface area contributed by atoms with Crippen molar-refractivity contribution in [3.05, 3.63) is 126 Å². The van der Waals surface area contributed by atoms with Crippen molar-refractivity contribution < 1.29 is 19.1 Å². The standard InChI is InChI=1S/C41H42ClN9O4/c1-26(2)33-23-36(51(49-33)29-15-13-27(3)14-16-29)47-41(53)44-32-17-18-34(31-12-8-7-11-30(31)32)55-38-19-20-43-40(48-38)46-37-25-54-22-21-50(37)24-35(42)45-39(52)28-9-5-4-6-10-28/h4-20,23,26,35,37H,21-22,24-25H2,1-3H3,(H,45,52)(H,43,46,48)(H2,44,47,53). The summed E-state index contributed by atoms with van der Waals surface area (Å²) in [7, 11) is 0. The highest BCUT2D eigenvalue weighted by molar-refractivity contribution is 6.22. The highest BCUT2D eigenvalue weighted by Gasteiger charge is 2.27. The summed E-state index contributed by atoms with van der Waals surface area (Å²) in [5.41, 5.74) is 3.35. The summed E-state index contributed by atoms with van der Waals surface area (Å²) in [6.07, 6.45) is 1.31. The van der Waals surface area contributed by atoms with Gasteiger partial charge in [0.15, 0.2) is 0 Å². The fourth-order valence-corrected chi connectivity index (χ4v) is 6.46. The molecule has 55 heavy (non-hydrogen) atoms. The van der Waals surface area contributed by atoms with Gasteiger partial charge in [0.2, 0.25) is 11.8 Å². The molecule has 1 fully saturated rings. The number of fused-ring (bicyclic) bond motifs is 1. The summed E-state index contributed by atoms with van der Waals surface area (Å²) in [6.45, 7) is 8.01. The highest BCUT2D eigenvalue weighted by atomic mass is 35.5. The third-order valence-electron chi connectivity index (χ3n) is 9.07. The quantitative estimate of drug-likeness (QED) is 0.0727. The summed E-state index contributed by atoms with van der Waals surface area (Å²) in [6, 6.07) is 31.3. The second-order valence-electron chi connectivity index (χ2n) is 13.5. The molecular formula is C41H42ClN9O4. The van der Waals surface area contributed by atoms with Crippen LogP contribution in [0.1, 0.15) is 41.4 Å². The Bertz CT molecular complexity index is 2270. The van der Waals surface area contributed by atoms with Gasteiger partial charge in [0.25, 0.3) is 5.91 Å². The summed E-state index contributed by atoms with van der Waals surface area (Å²) < 4.78 is 13.8. The van der Waals surface area contributed by atoms with Crippen molar-refractivity contribution >= 4 is 51.8 Å². The fraction of sp³-hybridized carbons (Fsp3) is 0.244. The number of hydrogen-bond acceptors (Lipinski definition) is 9. The minimum atomic E-state index is -0.637. The number of nitrogens with zero attached hydrogens (tertiary/aromatic N) is 5. The van der Waals surface area contributed by atoms with Gasteiger partial charge in [-0.2, -0.15) is 10.1 Å². The number of carbonyl (C=O) groups is 2. The molecule has 13 nitrogen and oxygen atoms in total. The van der Waals surface area contributed by atoms with Crippen LogP contribution in [-0.2, 0) is 4.74 Å². The van der Waals surface area contributed by atoms with Crippen molar-refractivity contribution in [3.63, 3.8) is 0 Å². The molecule has 14 heteroatoms. The Balaban J connectivity index is 1.03. The van der Waals surface area contributed by atoms with Crippen molar-refractivity contribution in [3.8, 4) is 17.3 Å². The van der Waals surface area contributed by atoms with E-state index in [0.717, 1.165) is 27.7 Å². The van der Waals surface area contributed by atoms with Gasteiger partial charge in [0, 0.05) is 47.8 Å². The first-order chi connectivity index (χ1) is 26.7. The molecule has 1 aliphatic rings. The molecule has 7 rings (SSSR count). The van der Waals surface area contributed by atoms with E-state index < -0.39 is 11.5 Å². The molecule has 2 aromatic heterocycles. The van der Waals surface area contributed by atoms with E-state index in [2.05, 4.69) is 50.0 Å². The maximum atomic E-state index is 13.5. The Morgan fingerprint density at radius 2 is 1.71 bits per heavy atom. The first kappa shape index (κ1) is 37.3. The first-order valence-electron chi connectivity index (χ1n) is 18.1. The number of carbonyl (C=O) groups excluding carboxylic acids is 2. The number of halogens is 1. The van der Waals surface area contributed by atoms with Crippen molar-refractivity contribution in [2.24, 2.45) is 0 Å². The summed E-state index contributed by atoms with van der Waals surface area (Å²) in [4.78, 5) is 37.2. The van der Waals surface area contributed by atoms with Crippen LogP contribution in [0.5, 0.6) is 11.6 Å². The molecule has 2 atom stereocenters. The molecule has 2 unspecified atom stereocenters. The molecule has 3 heterocycles. The molecule has 0 bridgehead atoms. The molecule has 0 saturated carbocycles. The Morgan fingerprint density at radius 1 is 0.945 bits per heavy atom. The van der Waals surface area contributed by atoms with E-state index in [9.17, 15) is 9.59 Å². The van der Waals surface area contributed by atoms with Gasteiger partial charge >= 0.3 is 6.03 Å². The molecule has 6 aromatic rings. The van der Waals surface area contributed by atoms with E-state index in [-0.39, 0.29) is 18.0 Å². The zero-order valence-electron chi connectivity index (χ0n) is 30.7. The zero-order chi connectivity index (χ0) is 38.3. The maximum Gasteiger partial charge on any atom is 0.324 e. The lowest BCUT2D eigenvalue weighted by Crippen LogP contribution is -2.53. The van der Waals surface area contributed by atoms with Gasteiger partial charge in [-0.1, -0.05) is 85.6 Å². The number of benzene rings is 4. The van der Waals surface area contributed by atoms with E-state index >= 15 is 0 Å². The van der Waals surface area contributed by atoms with Crippen molar-refractivity contribution in [1.82, 2.24) is 30.0 Å². The van der Waals surface area contributed by atoms with Crippen LogP contribution in [0, 0.1) is 6.92 Å². The van der Waals surface area contributed by atoms with Crippen LogP contribution in [0.25, 0.3) is 16.5 Å². The van der Waals surface area contributed by atoms with Crippen LogP contribution in [-0.4, -0.2) is 74.6 Å². The van der Waals surface area contributed by atoms with Gasteiger partial charge < -0.3 is 25.4 Å². The molecule has 0 spiro atoms. The lowest BCUT2D eigenvalue weighted by molar-refractivity contribution is 0.00214. The van der Waals surface area contributed by atoms with Crippen LogP contribution in [0.4, 0.5) is 22.2 Å². The zero-order valence-corrected chi connectivity index (χ0v) is 31.5. The van der Waals surface area contributed by atoms with E-state index in [1.807, 2.05) is 79.7 Å². The summed E-state index contributed by atoms with van der Waals surface area (Å²) in [5.74, 6) is 1.69. The number of hydrogen-bond donors (Lipinski definition) is 4. The van der Waals surface area contributed by atoms with Gasteiger partial charge in [-0.15, -0.1) is 0 Å². The van der Waals surface area contributed by atoms with Gasteiger partial charge in [0.05, 0.1) is 30.3 Å². The summed E-state index contributed by atoms with van der Waals surface area (Å²) >= 11 is 6.59. The average Bonchev–Trinajstić information content (AvgIpc) is 3.61. The van der Waals surface area contributed by atoms with Gasteiger partial charge in [-0.05, 0) is 49.2 Å². The lowest BCUT2D eigenvalue weighted by Gasteiger charge is -2.36. The molecule has 282 valence electrons. The number of amides is 3. The third-order valence-corrected chi connectivity index (χ3v) is 9.32. The van der Waals surface area contributed by atoms with Crippen molar-refractivity contribution in [2.45, 2.75) is 38.4 Å². The third kappa shape index (κ3) is 9.20.